The van der Waals surface area contributed by atoms with E-state index in [1.165, 1.54) is 0 Å². The van der Waals surface area contributed by atoms with Crippen molar-refractivity contribution >= 4 is 16.7 Å². The molecule has 2 fully saturated rings. The fourth-order valence-electron chi connectivity index (χ4n) is 5.59. The van der Waals surface area contributed by atoms with Crippen molar-refractivity contribution in [2.75, 3.05) is 44.9 Å². The van der Waals surface area contributed by atoms with Gasteiger partial charge in [0, 0.05) is 44.9 Å². The number of phenolic OH excluding ortho intramolecular Hbond substituents is 1. The lowest BCUT2D eigenvalue weighted by Crippen LogP contribution is -2.52. The summed E-state index contributed by atoms with van der Waals surface area (Å²) in [4.78, 5) is 11.7. The summed E-state index contributed by atoms with van der Waals surface area (Å²) in [5, 5.41) is 16.2. The third kappa shape index (κ3) is 7.73. The number of aromatic hydroxyl groups is 1. The Labute approximate surface area is 264 Å². The number of methoxy groups -OCH3 is 1. The maximum atomic E-state index is 10.4. The fraction of sp³-hybridized carbons (Fsp3) is 0.500. The van der Waals surface area contributed by atoms with Gasteiger partial charge in [-0.1, -0.05) is 30.3 Å². The van der Waals surface area contributed by atoms with Crippen LogP contribution in [0.5, 0.6) is 11.8 Å². The van der Waals surface area contributed by atoms with Crippen LogP contribution in [0.25, 0.3) is 22.3 Å². The van der Waals surface area contributed by atoms with Gasteiger partial charge in [-0.15, -0.1) is 0 Å². The molecular weight excluding hydrogens is 574 g/mol. The van der Waals surface area contributed by atoms with Crippen LogP contribution in [0, 0.1) is 0 Å². The molecule has 11 heteroatoms. The van der Waals surface area contributed by atoms with Crippen LogP contribution in [0.2, 0.25) is 0 Å². The molecule has 45 heavy (non-hydrogen) atoms. The Bertz CT molecular complexity index is 1540. The molecule has 0 spiro atoms. The van der Waals surface area contributed by atoms with Gasteiger partial charge in [0.15, 0.2) is 6.23 Å². The first-order chi connectivity index (χ1) is 22.0. The van der Waals surface area contributed by atoms with E-state index in [4.69, 9.17) is 38.8 Å². The molecule has 3 atom stereocenters. The molecule has 2 saturated heterocycles. The first kappa shape index (κ1) is 31.2. The third-order valence-corrected chi connectivity index (χ3v) is 8.26. The number of benzene rings is 2. The van der Waals surface area contributed by atoms with E-state index in [0.717, 1.165) is 61.1 Å². The van der Waals surface area contributed by atoms with Gasteiger partial charge in [-0.25, -0.2) is 4.68 Å². The predicted octanol–water partition coefficient (Wildman–Crippen LogP) is 5.51. The summed E-state index contributed by atoms with van der Waals surface area (Å²) < 4.78 is 31.6. The quantitative estimate of drug-likeness (QED) is 0.182. The van der Waals surface area contributed by atoms with E-state index < -0.39 is 0 Å². The Morgan fingerprint density at radius 3 is 2.64 bits per heavy atom. The second-order valence-corrected chi connectivity index (χ2v) is 11.9. The van der Waals surface area contributed by atoms with Crippen LogP contribution in [-0.2, 0) is 25.6 Å². The highest BCUT2D eigenvalue weighted by molar-refractivity contribution is 5.93. The van der Waals surface area contributed by atoms with E-state index in [1.54, 1.807) is 19.2 Å². The number of hydrogen-bond acceptors (Lipinski definition) is 10. The molecule has 0 amide bonds. The zero-order valence-corrected chi connectivity index (χ0v) is 26.3. The summed E-state index contributed by atoms with van der Waals surface area (Å²) in [7, 11) is 1.72. The van der Waals surface area contributed by atoms with Gasteiger partial charge in [0.05, 0.1) is 30.9 Å². The minimum Gasteiger partial charge on any atom is -0.508 e. The van der Waals surface area contributed by atoms with E-state index >= 15 is 0 Å². The van der Waals surface area contributed by atoms with E-state index in [0.29, 0.717) is 37.8 Å². The molecule has 3 unspecified atom stereocenters. The normalized spacial score (nSPS) is 18.6. The molecule has 1 N–H and O–H groups in total. The molecule has 2 aliphatic rings. The molecule has 0 radical (unpaired) electrons. The number of nitrogens with zero attached hydrogens (tertiary/aromatic N) is 5. The number of fused-ring (bicyclic) bond motifs is 1. The average molecular weight is 618 g/mol. The monoisotopic (exact) mass is 617 g/mol. The van der Waals surface area contributed by atoms with Crippen molar-refractivity contribution in [1.82, 2.24) is 19.7 Å². The molecule has 0 bridgehead atoms. The summed E-state index contributed by atoms with van der Waals surface area (Å²) >= 11 is 0. The van der Waals surface area contributed by atoms with Crippen LogP contribution in [0.3, 0.4) is 0 Å². The van der Waals surface area contributed by atoms with Crippen LogP contribution >= 0.6 is 0 Å². The highest BCUT2D eigenvalue weighted by atomic mass is 16.5. The summed E-state index contributed by atoms with van der Waals surface area (Å²) in [6.07, 6.45) is 3.54. The molecule has 2 aromatic heterocycles. The van der Waals surface area contributed by atoms with Gasteiger partial charge in [-0.3, -0.25) is 0 Å². The van der Waals surface area contributed by atoms with Crippen molar-refractivity contribution in [3.63, 3.8) is 0 Å². The molecule has 240 valence electrons. The van der Waals surface area contributed by atoms with Crippen molar-refractivity contribution < 1.29 is 28.8 Å². The van der Waals surface area contributed by atoms with E-state index in [1.807, 2.05) is 41.9 Å². The van der Waals surface area contributed by atoms with Crippen molar-refractivity contribution in [2.24, 2.45) is 0 Å². The van der Waals surface area contributed by atoms with E-state index in [9.17, 15) is 5.11 Å². The predicted molar refractivity (Wildman–Crippen MR) is 170 cm³/mol. The van der Waals surface area contributed by atoms with Crippen LogP contribution in [0.1, 0.15) is 51.3 Å². The van der Waals surface area contributed by atoms with Gasteiger partial charge in [0.2, 0.25) is 0 Å². The van der Waals surface area contributed by atoms with Gasteiger partial charge in [-0.2, -0.15) is 15.1 Å². The maximum Gasteiger partial charge on any atom is 0.319 e. The Kier molecular flexibility index (Phi) is 10.1. The topological polar surface area (TPSA) is 113 Å². The van der Waals surface area contributed by atoms with Gasteiger partial charge < -0.3 is 33.7 Å². The van der Waals surface area contributed by atoms with Crippen molar-refractivity contribution in [2.45, 2.75) is 70.7 Å². The Morgan fingerprint density at radius 2 is 1.87 bits per heavy atom. The first-order valence-electron chi connectivity index (χ1n) is 15.9. The van der Waals surface area contributed by atoms with Gasteiger partial charge in [0.25, 0.3) is 0 Å². The molecule has 11 nitrogen and oxygen atoms in total. The molecule has 2 aliphatic heterocycles. The highest BCUT2D eigenvalue weighted by Gasteiger charge is 2.30. The minimum absolute atomic E-state index is 0.0736. The summed E-state index contributed by atoms with van der Waals surface area (Å²) in [6, 6.07) is 17.6. The van der Waals surface area contributed by atoms with Gasteiger partial charge >= 0.3 is 6.01 Å². The molecule has 6 rings (SSSR count). The van der Waals surface area contributed by atoms with E-state index in [-0.39, 0.29) is 36.3 Å². The molecule has 4 aromatic rings. The first-order valence-corrected chi connectivity index (χ1v) is 15.9. The molecule has 0 saturated carbocycles. The number of aromatic nitrogens is 4. The number of phenols is 1. The lowest BCUT2D eigenvalue weighted by molar-refractivity contribution is -0.0365. The van der Waals surface area contributed by atoms with Gasteiger partial charge in [0.1, 0.15) is 29.1 Å². The SMILES string of the molecule is COC1CN(c2cc(-c3nn(C4CCCCO4)c4ccc(O)cc34)nc(OC(C)COCCC(C)OCc3ccccc3)n2)C1. The zero-order chi connectivity index (χ0) is 31.2. The Morgan fingerprint density at radius 1 is 1.02 bits per heavy atom. The van der Waals surface area contributed by atoms with Crippen LogP contribution in [0.15, 0.2) is 54.6 Å². The minimum atomic E-state index is -0.286. The van der Waals surface area contributed by atoms with Crippen molar-refractivity contribution in [1.29, 1.82) is 0 Å². The smallest absolute Gasteiger partial charge is 0.319 e. The molecule has 0 aliphatic carbocycles. The average Bonchev–Trinajstić information content (AvgIpc) is 3.41. The number of hydrogen-bond donors (Lipinski definition) is 1. The number of rotatable bonds is 14. The molecular formula is C34H43N5O6. The lowest BCUT2D eigenvalue weighted by Gasteiger charge is -2.39. The number of anilines is 1. The van der Waals surface area contributed by atoms with Crippen LogP contribution in [0.4, 0.5) is 5.82 Å². The molecule has 2 aromatic carbocycles. The number of ether oxygens (including phenoxy) is 5. The summed E-state index contributed by atoms with van der Waals surface area (Å²) in [5.41, 5.74) is 3.28. The summed E-state index contributed by atoms with van der Waals surface area (Å²) in [6.45, 7) is 7.67. The summed E-state index contributed by atoms with van der Waals surface area (Å²) in [5.74, 6) is 0.896. The maximum absolute atomic E-state index is 10.4. The standard InChI is InChI=1S/C34H43N5O6/c1-23(44-22-25-9-5-4-6-10-25)14-16-42-21-24(2)45-34-35-29(18-31(36-34)38-19-27(20-38)41-3)33-28-17-26(40)12-13-30(28)39(37-33)32-11-7-8-15-43-32/h4-6,9-10,12-13,17-18,23-24,27,32,40H,7-8,11,14-16,19-22H2,1-3H3. The fourth-order valence-corrected chi connectivity index (χ4v) is 5.59. The second-order valence-electron chi connectivity index (χ2n) is 11.9. The van der Waals surface area contributed by atoms with Crippen LogP contribution in [-0.4, -0.2) is 83.2 Å². The Balaban J connectivity index is 1.15. The van der Waals surface area contributed by atoms with Gasteiger partial charge in [-0.05, 0) is 63.3 Å². The van der Waals surface area contributed by atoms with E-state index in [2.05, 4.69) is 24.0 Å². The zero-order valence-electron chi connectivity index (χ0n) is 26.3. The second kappa shape index (κ2) is 14.6. The van der Waals surface area contributed by atoms with Crippen LogP contribution < -0.4 is 9.64 Å². The van der Waals surface area contributed by atoms with Crippen molar-refractivity contribution in [3.8, 4) is 23.1 Å². The van der Waals surface area contributed by atoms with Crippen molar-refractivity contribution in [3.05, 3.63) is 60.2 Å². The highest BCUT2D eigenvalue weighted by Crippen LogP contribution is 2.36. The largest absolute Gasteiger partial charge is 0.508 e. The Hall–Kier alpha value is -3.77. The third-order valence-electron chi connectivity index (χ3n) is 8.26. The molecule has 4 heterocycles. The lowest BCUT2D eigenvalue weighted by atomic mass is 10.1.